The summed E-state index contributed by atoms with van der Waals surface area (Å²) in [6.07, 6.45) is 7.00. The zero-order chi connectivity index (χ0) is 9.23. The third kappa shape index (κ3) is 5.98. The van der Waals surface area contributed by atoms with Gasteiger partial charge < -0.3 is 4.84 Å². The van der Waals surface area contributed by atoms with Crippen LogP contribution in [0.2, 0.25) is 0 Å². The predicted octanol–water partition coefficient (Wildman–Crippen LogP) is 2.79. The number of hydrogen-bond acceptors (Lipinski definition) is 2. The second kappa shape index (κ2) is 8.34. The van der Waals surface area contributed by atoms with Crippen LogP contribution in [0.5, 0.6) is 0 Å². The third-order valence-corrected chi connectivity index (χ3v) is 1.38. The van der Waals surface area contributed by atoms with Crippen LogP contribution in [-0.2, 0) is 4.84 Å². The molecule has 0 fully saturated rings. The average Bonchev–Trinajstić information content (AvgIpc) is 2.11. The van der Waals surface area contributed by atoms with Crippen molar-refractivity contribution in [3.8, 4) is 0 Å². The fraction of sp³-hybridized carbons (Fsp3) is 0.600. The Morgan fingerprint density at radius 2 is 2.17 bits per heavy atom. The molecule has 0 atom stereocenters. The van der Waals surface area contributed by atoms with Crippen molar-refractivity contribution in [2.75, 3.05) is 6.54 Å². The van der Waals surface area contributed by atoms with Crippen LogP contribution in [0, 0.1) is 0 Å². The fourth-order valence-electron chi connectivity index (χ4n) is 0.690. The molecule has 0 radical (unpaired) electrons. The van der Waals surface area contributed by atoms with E-state index in [4.69, 9.17) is 4.84 Å². The first-order valence-corrected chi connectivity index (χ1v) is 4.57. The Bertz CT molecular complexity index is 141. The van der Waals surface area contributed by atoms with Crippen LogP contribution in [-0.4, -0.2) is 6.54 Å². The lowest BCUT2D eigenvalue weighted by molar-refractivity contribution is 0.114. The molecule has 0 saturated carbocycles. The number of nitrogens with one attached hydrogen (secondary N) is 1. The van der Waals surface area contributed by atoms with Crippen LogP contribution >= 0.6 is 0 Å². The molecule has 0 heterocycles. The van der Waals surface area contributed by atoms with Crippen LogP contribution in [0.3, 0.4) is 0 Å². The van der Waals surface area contributed by atoms with Gasteiger partial charge in [-0.25, -0.2) is 0 Å². The monoisotopic (exact) mass is 169 g/mol. The molecule has 0 aromatic rings. The minimum absolute atomic E-state index is 0.824. The smallest absolute Gasteiger partial charge is 0.142 e. The van der Waals surface area contributed by atoms with Gasteiger partial charge in [0.2, 0.25) is 0 Å². The van der Waals surface area contributed by atoms with E-state index in [0.717, 1.165) is 31.6 Å². The summed E-state index contributed by atoms with van der Waals surface area (Å²) in [5.41, 5.74) is 2.86. The topological polar surface area (TPSA) is 21.3 Å². The van der Waals surface area contributed by atoms with Crippen molar-refractivity contribution in [1.82, 2.24) is 5.48 Å². The molecule has 12 heavy (non-hydrogen) atoms. The average molecular weight is 169 g/mol. The van der Waals surface area contributed by atoms with Crippen LogP contribution in [0.4, 0.5) is 0 Å². The van der Waals surface area contributed by atoms with Crippen molar-refractivity contribution in [2.45, 2.75) is 33.1 Å². The normalized spacial score (nSPS) is 11.3. The molecule has 2 nitrogen and oxygen atoms in total. The van der Waals surface area contributed by atoms with E-state index in [-0.39, 0.29) is 0 Å². The Kier molecular flexibility index (Phi) is 7.81. The number of rotatable bonds is 7. The molecule has 0 bridgehead atoms. The third-order valence-electron chi connectivity index (χ3n) is 1.38. The first kappa shape index (κ1) is 11.2. The van der Waals surface area contributed by atoms with Crippen molar-refractivity contribution < 1.29 is 4.84 Å². The summed E-state index contributed by atoms with van der Waals surface area (Å²) >= 11 is 0. The van der Waals surface area contributed by atoms with Crippen LogP contribution in [0.15, 0.2) is 24.5 Å². The fourth-order valence-corrected chi connectivity index (χ4v) is 0.690. The van der Waals surface area contributed by atoms with E-state index in [1.807, 2.05) is 6.08 Å². The highest BCUT2D eigenvalue weighted by Gasteiger charge is 1.89. The van der Waals surface area contributed by atoms with E-state index in [1.54, 1.807) is 6.08 Å². The van der Waals surface area contributed by atoms with E-state index in [9.17, 15) is 0 Å². The lowest BCUT2D eigenvalue weighted by Crippen LogP contribution is -2.14. The van der Waals surface area contributed by atoms with Crippen molar-refractivity contribution in [2.24, 2.45) is 0 Å². The van der Waals surface area contributed by atoms with E-state index in [0.29, 0.717) is 0 Å². The molecule has 0 aromatic carbocycles. The van der Waals surface area contributed by atoms with E-state index in [2.05, 4.69) is 25.9 Å². The lowest BCUT2D eigenvalue weighted by atomic mass is 10.3. The molecule has 0 amide bonds. The second-order valence-corrected chi connectivity index (χ2v) is 2.60. The molecule has 0 saturated heterocycles. The van der Waals surface area contributed by atoms with Gasteiger partial charge in [0.15, 0.2) is 0 Å². The summed E-state index contributed by atoms with van der Waals surface area (Å²) in [6.45, 7) is 8.76. The standard InChI is InChI=1S/C10H19NO/c1-4-7-8-10(6-3)12-11-9-5-2/h6,8,11H,3-5,7,9H2,1-2H3/b10-8+. The quantitative estimate of drug-likeness (QED) is 0.274. The number of hydrogen-bond donors (Lipinski definition) is 1. The number of hydroxylamine groups is 1. The van der Waals surface area contributed by atoms with Gasteiger partial charge in [0.05, 0.1) is 0 Å². The Labute approximate surface area is 75.3 Å². The zero-order valence-electron chi connectivity index (χ0n) is 8.10. The molecule has 70 valence electrons. The molecule has 0 aliphatic rings. The Morgan fingerprint density at radius 3 is 2.67 bits per heavy atom. The summed E-state index contributed by atoms with van der Waals surface area (Å²) in [5, 5.41) is 0. The Hall–Kier alpha value is -0.760. The van der Waals surface area contributed by atoms with Gasteiger partial charge >= 0.3 is 0 Å². The number of allylic oxidation sites excluding steroid dienone is 2. The van der Waals surface area contributed by atoms with Gasteiger partial charge in [-0.05, 0) is 25.0 Å². The van der Waals surface area contributed by atoms with Gasteiger partial charge in [0, 0.05) is 6.54 Å². The van der Waals surface area contributed by atoms with Gasteiger partial charge in [0.25, 0.3) is 0 Å². The zero-order valence-corrected chi connectivity index (χ0v) is 8.10. The minimum atomic E-state index is 0.824. The molecular formula is C10H19NO. The van der Waals surface area contributed by atoms with E-state index < -0.39 is 0 Å². The summed E-state index contributed by atoms with van der Waals surface area (Å²) in [4.78, 5) is 5.23. The molecule has 0 unspecified atom stereocenters. The van der Waals surface area contributed by atoms with Gasteiger partial charge in [-0.3, -0.25) is 0 Å². The highest BCUT2D eigenvalue weighted by molar-refractivity contribution is 5.07. The summed E-state index contributed by atoms with van der Waals surface area (Å²) in [5.74, 6) is 0.824. The molecule has 0 aromatic heterocycles. The van der Waals surface area contributed by atoms with Crippen molar-refractivity contribution in [1.29, 1.82) is 0 Å². The predicted molar refractivity (Wildman–Crippen MR) is 52.6 cm³/mol. The van der Waals surface area contributed by atoms with Crippen LogP contribution in [0.1, 0.15) is 33.1 Å². The Morgan fingerprint density at radius 1 is 1.42 bits per heavy atom. The van der Waals surface area contributed by atoms with E-state index in [1.165, 1.54) is 0 Å². The lowest BCUT2D eigenvalue weighted by Gasteiger charge is -2.05. The molecule has 0 aliphatic carbocycles. The molecular weight excluding hydrogens is 150 g/mol. The molecule has 0 spiro atoms. The van der Waals surface area contributed by atoms with Crippen molar-refractivity contribution in [3.05, 3.63) is 24.5 Å². The maximum atomic E-state index is 5.23. The van der Waals surface area contributed by atoms with Gasteiger partial charge in [-0.2, -0.15) is 5.48 Å². The van der Waals surface area contributed by atoms with Gasteiger partial charge in [-0.1, -0.05) is 26.8 Å². The highest BCUT2D eigenvalue weighted by atomic mass is 16.6. The van der Waals surface area contributed by atoms with E-state index >= 15 is 0 Å². The van der Waals surface area contributed by atoms with Crippen molar-refractivity contribution in [3.63, 3.8) is 0 Å². The first-order chi connectivity index (χ1) is 5.85. The molecule has 0 aliphatic heterocycles. The number of unbranched alkanes of at least 4 members (excludes halogenated alkanes) is 1. The van der Waals surface area contributed by atoms with Crippen LogP contribution in [0.25, 0.3) is 0 Å². The summed E-state index contributed by atoms with van der Waals surface area (Å²) < 4.78 is 0. The SMILES string of the molecule is C=C/C(=C\CCC)ONCCC. The molecule has 1 N–H and O–H groups in total. The second-order valence-electron chi connectivity index (χ2n) is 2.60. The summed E-state index contributed by atoms with van der Waals surface area (Å²) in [7, 11) is 0. The highest BCUT2D eigenvalue weighted by Crippen LogP contribution is 2.00. The largest absolute Gasteiger partial charge is 0.409 e. The van der Waals surface area contributed by atoms with Crippen LogP contribution < -0.4 is 5.48 Å². The Balaban J connectivity index is 3.59. The molecule has 0 rings (SSSR count). The minimum Gasteiger partial charge on any atom is -0.409 e. The maximum Gasteiger partial charge on any atom is 0.142 e. The van der Waals surface area contributed by atoms with Gasteiger partial charge in [0.1, 0.15) is 5.76 Å². The first-order valence-electron chi connectivity index (χ1n) is 4.57. The summed E-state index contributed by atoms with van der Waals surface area (Å²) in [6, 6.07) is 0. The maximum absolute atomic E-state index is 5.23. The van der Waals surface area contributed by atoms with Crippen molar-refractivity contribution >= 4 is 0 Å². The molecule has 2 heteroatoms. The van der Waals surface area contributed by atoms with Gasteiger partial charge in [-0.15, -0.1) is 0 Å².